The van der Waals surface area contributed by atoms with Crippen LogP contribution in [0.3, 0.4) is 0 Å². The van der Waals surface area contributed by atoms with Crippen molar-refractivity contribution in [2.45, 2.75) is 38.1 Å². The van der Waals surface area contributed by atoms with E-state index in [0.717, 1.165) is 12.8 Å². The largest absolute Gasteiger partial charge is 0.348 e. The molecule has 0 radical (unpaired) electrons. The molecule has 0 bridgehead atoms. The number of hydrogen-bond donors (Lipinski definition) is 3. The molecular weight excluding hydrogens is 354 g/mol. The van der Waals surface area contributed by atoms with Crippen LogP contribution in [0.5, 0.6) is 0 Å². The Labute approximate surface area is 152 Å². The number of amides is 1. The van der Waals surface area contributed by atoms with E-state index in [0.29, 0.717) is 23.5 Å². The topological polar surface area (TPSA) is 83.8 Å². The van der Waals surface area contributed by atoms with Gasteiger partial charge in [0.15, 0.2) is 0 Å². The summed E-state index contributed by atoms with van der Waals surface area (Å²) in [6, 6.07) is 2.50. The van der Waals surface area contributed by atoms with Crippen LogP contribution in [0.2, 0.25) is 0 Å². The van der Waals surface area contributed by atoms with Gasteiger partial charge < -0.3 is 16.0 Å². The van der Waals surface area contributed by atoms with Gasteiger partial charge in [0.25, 0.3) is 5.91 Å². The second kappa shape index (κ2) is 9.20. The predicted octanol–water partition coefficient (Wildman–Crippen LogP) is 3.18. The highest BCUT2D eigenvalue weighted by atomic mass is 35.5. The van der Waals surface area contributed by atoms with Crippen LogP contribution in [0.4, 0.5) is 4.39 Å². The molecule has 8 heteroatoms. The highest BCUT2D eigenvalue weighted by Gasteiger charge is 2.25. The molecule has 1 unspecified atom stereocenters. The Morgan fingerprint density at radius 3 is 2.71 bits per heavy atom. The Kier molecular flexibility index (Phi) is 7.93. The van der Waals surface area contributed by atoms with Gasteiger partial charge in [0.1, 0.15) is 11.3 Å². The van der Waals surface area contributed by atoms with Crippen LogP contribution >= 0.6 is 24.8 Å². The van der Waals surface area contributed by atoms with Crippen molar-refractivity contribution >= 4 is 41.8 Å². The van der Waals surface area contributed by atoms with Crippen LogP contribution in [-0.4, -0.2) is 28.5 Å². The van der Waals surface area contributed by atoms with Crippen molar-refractivity contribution in [3.8, 4) is 0 Å². The molecule has 1 atom stereocenters. The van der Waals surface area contributed by atoms with Crippen molar-refractivity contribution in [3.05, 3.63) is 29.8 Å². The smallest absolute Gasteiger partial charge is 0.253 e. The summed E-state index contributed by atoms with van der Waals surface area (Å²) < 4.78 is 13.7. The number of aromatic amines is 1. The lowest BCUT2D eigenvalue weighted by molar-refractivity contribution is 0.0916. The summed E-state index contributed by atoms with van der Waals surface area (Å²) in [6.45, 7) is 0.398. The van der Waals surface area contributed by atoms with Crippen LogP contribution in [0.25, 0.3) is 11.0 Å². The third kappa shape index (κ3) is 4.37. The Bertz CT molecular complexity index is 673. The Morgan fingerprint density at radius 2 is 2.04 bits per heavy atom. The summed E-state index contributed by atoms with van der Waals surface area (Å²) in [5, 5.41) is 2.98. The fraction of sp³-hybridized carbons (Fsp3) is 0.500. The van der Waals surface area contributed by atoms with E-state index >= 15 is 0 Å². The Balaban J connectivity index is 0.00000144. The zero-order valence-electron chi connectivity index (χ0n) is 13.3. The SMILES string of the molecule is Cl.Cl.NCC(NC(=O)c1cc(F)cc2[nH]cnc12)C1CCCCC1. The molecule has 1 aliphatic carbocycles. The van der Waals surface area contributed by atoms with Gasteiger partial charge in [-0.2, -0.15) is 0 Å². The maximum Gasteiger partial charge on any atom is 0.253 e. The average Bonchev–Trinajstić information content (AvgIpc) is 3.00. The number of carbonyl (C=O) groups is 1. The monoisotopic (exact) mass is 376 g/mol. The maximum atomic E-state index is 13.7. The number of imidazole rings is 1. The molecule has 1 saturated carbocycles. The lowest BCUT2D eigenvalue weighted by atomic mass is 9.84. The first-order valence-electron chi connectivity index (χ1n) is 7.82. The minimum atomic E-state index is -0.455. The number of H-pyrrole nitrogens is 1. The van der Waals surface area contributed by atoms with E-state index in [1.54, 1.807) is 0 Å². The third-order valence-electron chi connectivity index (χ3n) is 4.52. The number of carbonyl (C=O) groups excluding carboxylic acids is 1. The van der Waals surface area contributed by atoms with Gasteiger partial charge in [0.05, 0.1) is 17.4 Å². The molecule has 1 aromatic carbocycles. The van der Waals surface area contributed by atoms with E-state index in [4.69, 9.17) is 5.73 Å². The molecule has 4 N–H and O–H groups in total. The summed E-state index contributed by atoms with van der Waals surface area (Å²) in [5.41, 5.74) is 7.10. The van der Waals surface area contributed by atoms with Gasteiger partial charge in [-0.15, -0.1) is 24.8 Å². The molecule has 1 heterocycles. The number of rotatable bonds is 4. The molecule has 2 aromatic rings. The Hall–Kier alpha value is -1.37. The van der Waals surface area contributed by atoms with Crippen molar-refractivity contribution in [1.82, 2.24) is 15.3 Å². The van der Waals surface area contributed by atoms with Crippen molar-refractivity contribution in [2.75, 3.05) is 6.54 Å². The van der Waals surface area contributed by atoms with Crippen LogP contribution in [0.1, 0.15) is 42.5 Å². The molecule has 1 amide bonds. The minimum absolute atomic E-state index is 0. The van der Waals surface area contributed by atoms with Gasteiger partial charge in [-0.25, -0.2) is 9.37 Å². The van der Waals surface area contributed by atoms with Crippen LogP contribution in [0.15, 0.2) is 18.5 Å². The summed E-state index contributed by atoms with van der Waals surface area (Å²) in [7, 11) is 0. The van der Waals surface area contributed by atoms with E-state index in [1.165, 1.54) is 37.7 Å². The maximum absolute atomic E-state index is 13.7. The first-order chi connectivity index (χ1) is 10.7. The van der Waals surface area contributed by atoms with Crippen molar-refractivity contribution < 1.29 is 9.18 Å². The second-order valence-electron chi connectivity index (χ2n) is 5.97. The van der Waals surface area contributed by atoms with E-state index in [-0.39, 0.29) is 42.3 Å². The van der Waals surface area contributed by atoms with Gasteiger partial charge in [-0.3, -0.25) is 4.79 Å². The molecule has 1 aromatic heterocycles. The summed E-state index contributed by atoms with van der Waals surface area (Å²) in [5.74, 6) is -0.354. The number of nitrogens with zero attached hydrogens (tertiary/aromatic N) is 1. The van der Waals surface area contributed by atoms with Gasteiger partial charge >= 0.3 is 0 Å². The molecule has 3 rings (SSSR count). The molecule has 134 valence electrons. The van der Waals surface area contributed by atoms with E-state index in [1.807, 2.05) is 0 Å². The predicted molar refractivity (Wildman–Crippen MR) is 97.4 cm³/mol. The van der Waals surface area contributed by atoms with E-state index in [2.05, 4.69) is 15.3 Å². The first-order valence-corrected chi connectivity index (χ1v) is 7.82. The second-order valence-corrected chi connectivity index (χ2v) is 5.97. The molecule has 0 saturated heterocycles. The number of benzene rings is 1. The fourth-order valence-electron chi connectivity index (χ4n) is 3.34. The minimum Gasteiger partial charge on any atom is -0.348 e. The van der Waals surface area contributed by atoms with Crippen LogP contribution in [-0.2, 0) is 0 Å². The van der Waals surface area contributed by atoms with E-state index in [9.17, 15) is 9.18 Å². The van der Waals surface area contributed by atoms with Gasteiger partial charge in [0.2, 0.25) is 0 Å². The number of hydrogen-bond acceptors (Lipinski definition) is 3. The van der Waals surface area contributed by atoms with Crippen molar-refractivity contribution in [3.63, 3.8) is 0 Å². The lowest BCUT2D eigenvalue weighted by Gasteiger charge is -2.30. The zero-order chi connectivity index (χ0) is 15.5. The number of aromatic nitrogens is 2. The average molecular weight is 377 g/mol. The normalized spacial score (nSPS) is 16.1. The summed E-state index contributed by atoms with van der Waals surface area (Å²) in [6.07, 6.45) is 7.25. The quantitative estimate of drug-likeness (QED) is 0.765. The standard InChI is InChI=1S/C16H21FN4O.2ClH/c17-11-6-12(15-13(7-11)19-9-20-15)16(22)21-14(8-18)10-4-2-1-3-5-10;;/h6-7,9-10,14H,1-5,8,18H2,(H,19,20)(H,21,22);2*1H. The fourth-order valence-corrected chi connectivity index (χ4v) is 3.34. The van der Waals surface area contributed by atoms with Gasteiger partial charge in [0, 0.05) is 12.6 Å². The third-order valence-corrected chi connectivity index (χ3v) is 4.52. The molecule has 5 nitrogen and oxygen atoms in total. The van der Waals surface area contributed by atoms with E-state index < -0.39 is 5.82 Å². The molecule has 0 aliphatic heterocycles. The number of nitrogens with two attached hydrogens (primary N) is 1. The van der Waals surface area contributed by atoms with Gasteiger partial charge in [-0.1, -0.05) is 19.3 Å². The highest BCUT2D eigenvalue weighted by molar-refractivity contribution is 6.04. The number of halogens is 3. The summed E-state index contributed by atoms with van der Waals surface area (Å²) in [4.78, 5) is 19.5. The molecule has 1 aliphatic rings. The van der Waals surface area contributed by atoms with Crippen molar-refractivity contribution in [2.24, 2.45) is 11.7 Å². The molecule has 1 fully saturated rings. The van der Waals surface area contributed by atoms with Crippen molar-refractivity contribution in [1.29, 1.82) is 0 Å². The Morgan fingerprint density at radius 1 is 1.33 bits per heavy atom. The number of fused-ring (bicyclic) bond motifs is 1. The lowest BCUT2D eigenvalue weighted by Crippen LogP contribution is -2.46. The molecular formula is C16H23Cl2FN4O. The zero-order valence-corrected chi connectivity index (χ0v) is 14.9. The number of nitrogens with one attached hydrogen (secondary N) is 2. The molecule has 24 heavy (non-hydrogen) atoms. The van der Waals surface area contributed by atoms with Gasteiger partial charge in [-0.05, 0) is 30.9 Å². The highest BCUT2D eigenvalue weighted by Crippen LogP contribution is 2.26. The summed E-state index contributed by atoms with van der Waals surface area (Å²) >= 11 is 0. The van der Waals surface area contributed by atoms with Crippen LogP contribution in [0, 0.1) is 11.7 Å². The first kappa shape index (κ1) is 20.7. The molecule has 0 spiro atoms. The van der Waals surface area contributed by atoms with Crippen LogP contribution < -0.4 is 11.1 Å².